The van der Waals surface area contributed by atoms with E-state index in [0.717, 1.165) is 5.69 Å². The Balaban J connectivity index is 1.51. The minimum Gasteiger partial charge on any atom is -0.440 e. The maximum atomic E-state index is 12.9. The summed E-state index contributed by atoms with van der Waals surface area (Å²) in [5.74, 6) is 0.388. The zero-order valence-electron chi connectivity index (χ0n) is 14.6. The van der Waals surface area contributed by atoms with Gasteiger partial charge in [0, 0.05) is 50.0 Å². The molecule has 1 aromatic carbocycles. The number of aryl methyl sites for hydroxylation is 1. The Morgan fingerprint density at radius 1 is 1.22 bits per heavy atom. The highest BCUT2D eigenvalue weighted by molar-refractivity contribution is 6.31. The van der Waals surface area contributed by atoms with Gasteiger partial charge < -0.3 is 14.2 Å². The number of anilines is 1. The standard InChI is InChI=1S/C19H16ClN5O2/c1-12-23-17-11-22-10-16(18(17)27-12)19(26)25-4-2-24(3-5-25)15-7-13(9-21)6-14(20)8-15/h6-8,10-11H,2-5H2,1H3. The molecular formula is C19H16ClN5O2. The fourth-order valence-electron chi connectivity index (χ4n) is 3.28. The van der Waals surface area contributed by atoms with E-state index in [1.807, 2.05) is 12.1 Å². The number of halogens is 1. The van der Waals surface area contributed by atoms with Crippen LogP contribution in [0.2, 0.25) is 5.02 Å². The second kappa shape index (κ2) is 6.89. The van der Waals surface area contributed by atoms with Crippen molar-refractivity contribution in [2.24, 2.45) is 0 Å². The van der Waals surface area contributed by atoms with Crippen molar-refractivity contribution in [3.63, 3.8) is 0 Å². The Bertz CT molecular complexity index is 1060. The number of benzene rings is 1. The molecule has 0 bridgehead atoms. The van der Waals surface area contributed by atoms with Gasteiger partial charge in [-0.1, -0.05) is 11.6 Å². The summed E-state index contributed by atoms with van der Waals surface area (Å²) in [5.41, 5.74) is 2.90. The Hall–Kier alpha value is -3.11. The second-order valence-electron chi connectivity index (χ2n) is 6.36. The predicted octanol–water partition coefficient (Wildman–Crippen LogP) is 3.02. The average molecular weight is 382 g/mol. The van der Waals surface area contributed by atoms with Gasteiger partial charge in [-0.15, -0.1) is 0 Å². The van der Waals surface area contributed by atoms with Gasteiger partial charge in [0.2, 0.25) is 0 Å². The number of nitrogens with zero attached hydrogens (tertiary/aromatic N) is 5. The lowest BCUT2D eigenvalue weighted by molar-refractivity contribution is 0.0747. The molecule has 3 aromatic rings. The predicted molar refractivity (Wildman–Crippen MR) is 101 cm³/mol. The number of fused-ring (bicyclic) bond motifs is 1. The van der Waals surface area contributed by atoms with E-state index < -0.39 is 0 Å². The molecule has 0 N–H and O–H groups in total. The average Bonchev–Trinajstić information content (AvgIpc) is 3.07. The van der Waals surface area contributed by atoms with Crippen LogP contribution in [0, 0.1) is 18.3 Å². The van der Waals surface area contributed by atoms with Crippen LogP contribution in [0.15, 0.2) is 35.0 Å². The monoisotopic (exact) mass is 381 g/mol. The van der Waals surface area contributed by atoms with Crippen LogP contribution in [-0.4, -0.2) is 47.0 Å². The first-order valence-corrected chi connectivity index (χ1v) is 8.89. The number of amides is 1. The van der Waals surface area contributed by atoms with Gasteiger partial charge >= 0.3 is 0 Å². The summed E-state index contributed by atoms with van der Waals surface area (Å²) in [6.07, 6.45) is 3.12. The molecule has 0 atom stereocenters. The molecular weight excluding hydrogens is 366 g/mol. The molecule has 27 heavy (non-hydrogen) atoms. The summed E-state index contributed by atoms with van der Waals surface area (Å²) < 4.78 is 5.59. The van der Waals surface area contributed by atoms with Gasteiger partial charge in [-0.05, 0) is 18.2 Å². The SMILES string of the molecule is Cc1nc2cncc(C(=O)N3CCN(c4cc(Cl)cc(C#N)c4)CC3)c2o1. The number of hydrogen-bond acceptors (Lipinski definition) is 6. The van der Waals surface area contributed by atoms with Crippen LogP contribution in [0.1, 0.15) is 21.8 Å². The van der Waals surface area contributed by atoms with Crippen LogP contribution in [0.3, 0.4) is 0 Å². The molecule has 136 valence electrons. The molecule has 0 saturated carbocycles. The van der Waals surface area contributed by atoms with E-state index in [2.05, 4.69) is 20.9 Å². The van der Waals surface area contributed by atoms with Crippen molar-refractivity contribution in [3.05, 3.63) is 52.6 Å². The van der Waals surface area contributed by atoms with Crippen LogP contribution in [-0.2, 0) is 0 Å². The van der Waals surface area contributed by atoms with Gasteiger partial charge in [-0.2, -0.15) is 5.26 Å². The molecule has 8 heteroatoms. The molecule has 1 amide bonds. The number of carbonyl (C=O) groups excluding carboxylic acids is 1. The molecule has 0 radical (unpaired) electrons. The van der Waals surface area contributed by atoms with Crippen molar-refractivity contribution >= 4 is 34.3 Å². The number of aromatic nitrogens is 2. The smallest absolute Gasteiger partial charge is 0.259 e. The molecule has 0 spiro atoms. The number of carbonyl (C=O) groups is 1. The summed E-state index contributed by atoms with van der Waals surface area (Å²) in [6, 6.07) is 7.40. The molecule has 3 heterocycles. The lowest BCUT2D eigenvalue weighted by atomic mass is 10.1. The Morgan fingerprint density at radius 3 is 2.74 bits per heavy atom. The van der Waals surface area contributed by atoms with Crippen molar-refractivity contribution in [2.75, 3.05) is 31.1 Å². The highest BCUT2D eigenvalue weighted by Crippen LogP contribution is 2.25. The number of rotatable bonds is 2. The number of hydrogen-bond donors (Lipinski definition) is 0. The summed E-state index contributed by atoms with van der Waals surface area (Å²) in [4.78, 5) is 25.2. The minimum absolute atomic E-state index is 0.118. The molecule has 1 aliphatic heterocycles. The van der Waals surface area contributed by atoms with Crippen LogP contribution >= 0.6 is 11.6 Å². The zero-order chi connectivity index (χ0) is 19.0. The van der Waals surface area contributed by atoms with Gasteiger partial charge in [-0.3, -0.25) is 9.78 Å². The quantitative estimate of drug-likeness (QED) is 0.678. The molecule has 1 saturated heterocycles. The van der Waals surface area contributed by atoms with Gasteiger partial charge in [0.25, 0.3) is 5.91 Å². The molecule has 7 nitrogen and oxygen atoms in total. The maximum absolute atomic E-state index is 12.9. The molecule has 1 fully saturated rings. The van der Waals surface area contributed by atoms with E-state index in [9.17, 15) is 4.79 Å². The lowest BCUT2D eigenvalue weighted by Gasteiger charge is -2.36. The van der Waals surface area contributed by atoms with Crippen molar-refractivity contribution in [1.82, 2.24) is 14.9 Å². The molecule has 4 rings (SSSR count). The fourth-order valence-corrected chi connectivity index (χ4v) is 3.51. The maximum Gasteiger partial charge on any atom is 0.259 e. The van der Waals surface area contributed by atoms with Crippen LogP contribution in [0.5, 0.6) is 0 Å². The first-order valence-electron chi connectivity index (χ1n) is 8.51. The summed E-state index contributed by atoms with van der Waals surface area (Å²) in [7, 11) is 0. The van der Waals surface area contributed by atoms with E-state index in [1.165, 1.54) is 6.20 Å². The van der Waals surface area contributed by atoms with E-state index in [1.54, 1.807) is 24.1 Å². The third-order valence-corrected chi connectivity index (χ3v) is 4.80. The third kappa shape index (κ3) is 3.32. The Kier molecular flexibility index (Phi) is 4.42. The van der Waals surface area contributed by atoms with Gasteiger partial charge in [0.1, 0.15) is 11.1 Å². The lowest BCUT2D eigenvalue weighted by Crippen LogP contribution is -2.48. The van der Waals surface area contributed by atoms with Gasteiger partial charge in [-0.25, -0.2) is 4.98 Å². The van der Waals surface area contributed by atoms with Crippen LogP contribution < -0.4 is 4.90 Å². The van der Waals surface area contributed by atoms with E-state index >= 15 is 0 Å². The molecule has 1 aliphatic rings. The van der Waals surface area contributed by atoms with Crippen molar-refractivity contribution in [1.29, 1.82) is 5.26 Å². The molecule has 0 aliphatic carbocycles. The second-order valence-corrected chi connectivity index (χ2v) is 6.79. The number of piperazine rings is 1. The molecule has 2 aromatic heterocycles. The first kappa shape index (κ1) is 17.3. The summed E-state index contributed by atoms with van der Waals surface area (Å²) in [5, 5.41) is 9.64. The van der Waals surface area contributed by atoms with Crippen molar-refractivity contribution in [3.8, 4) is 6.07 Å². The molecule has 0 unspecified atom stereocenters. The number of oxazole rings is 1. The normalized spacial score (nSPS) is 14.4. The van der Waals surface area contributed by atoms with Crippen LogP contribution in [0.4, 0.5) is 5.69 Å². The summed E-state index contributed by atoms with van der Waals surface area (Å²) >= 11 is 6.10. The Morgan fingerprint density at radius 2 is 2.00 bits per heavy atom. The highest BCUT2D eigenvalue weighted by Gasteiger charge is 2.25. The van der Waals surface area contributed by atoms with E-state index in [0.29, 0.717) is 59.3 Å². The van der Waals surface area contributed by atoms with E-state index in [4.69, 9.17) is 21.3 Å². The van der Waals surface area contributed by atoms with E-state index in [-0.39, 0.29) is 5.91 Å². The Labute approximate surface area is 160 Å². The number of pyridine rings is 1. The van der Waals surface area contributed by atoms with Crippen molar-refractivity contribution < 1.29 is 9.21 Å². The highest BCUT2D eigenvalue weighted by atomic mass is 35.5. The third-order valence-electron chi connectivity index (χ3n) is 4.58. The van der Waals surface area contributed by atoms with Crippen molar-refractivity contribution in [2.45, 2.75) is 6.92 Å². The summed E-state index contributed by atoms with van der Waals surface area (Å²) in [6.45, 7) is 4.15. The van der Waals surface area contributed by atoms with Gasteiger partial charge in [0.05, 0.1) is 17.8 Å². The number of nitriles is 1. The van der Waals surface area contributed by atoms with Crippen LogP contribution in [0.25, 0.3) is 11.1 Å². The minimum atomic E-state index is -0.118. The first-order chi connectivity index (χ1) is 13.0. The largest absolute Gasteiger partial charge is 0.440 e. The van der Waals surface area contributed by atoms with Gasteiger partial charge in [0.15, 0.2) is 11.5 Å². The fraction of sp³-hybridized carbons (Fsp3) is 0.263. The topological polar surface area (TPSA) is 86.3 Å². The zero-order valence-corrected chi connectivity index (χ0v) is 15.4.